The van der Waals surface area contributed by atoms with Gasteiger partial charge in [0.15, 0.2) is 0 Å². The molecule has 0 aromatic carbocycles. The smallest absolute Gasteiger partial charge is 0.206 e. The van der Waals surface area contributed by atoms with Crippen molar-refractivity contribution in [2.45, 2.75) is 38.3 Å². The van der Waals surface area contributed by atoms with Gasteiger partial charge in [0.2, 0.25) is 5.96 Å². The Labute approximate surface area is 72.6 Å². The second-order valence-corrected chi connectivity index (χ2v) is 3.82. The van der Waals surface area contributed by atoms with E-state index in [0.717, 1.165) is 11.9 Å². The maximum atomic E-state index is 5.33. The second kappa shape index (κ2) is 2.94. The zero-order valence-electron chi connectivity index (χ0n) is 7.38. The lowest BCUT2D eigenvalue weighted by Gasteiger charge is -2.06. The minimum Gasteiger partial charge on any atom is -0.353 e. The van der Waals surface area contributed by atoms with Crippen LogP contribution in [0.3, 0.4) is 0 Å². The quantitative estimate of drug-likeness (QED) is 0.235. The average Bonchev–Trinajstić information content (AvgIpc) is 2.91. The molecular formula is C8H16N4. The number of hydrazine groups is 1. The molecule has 2 aliphatic rings. The van der Waals surface area contributed by atoms with Crippen LogP contribution in [-0.4, -0.2) is 18.0 Å². The van der Waals surface area contributed by atoms with Gasteiger partial charge in [-0.05, 0) is 25.2 Å². The number of hydrogen-bond donors (Lipinski definition) is 3. The van der Waals surface area contributed by atoms with Gasteiger partial charge in [0.05, 0.1) is 6.04 Å². The van der Waals surface area contributed by atoms with Crippen molar-refractivity contribution in [2.24, 2.45) is 16.8 Å². The van der Waals surface area contributed by atoms with Crippen LogP contribution in [0.4, 0.5) is 0 Å². The van der Waals surface area contributed by atoms with Gasteiger partial charge in [-0.15, -0.1) is 0 Å². The van der Waals surface area contributed by atoms with Gasteiger partial charge in [-0.1, -0.05) is 6.92 Å². The van der Waals surface area contributed by atoms with E-state index in [2.05, 4.69) is 22.7 Å². The lowest BCUT2D eigenvalue weighted by molar-refractivity contribution is 0.804. The van der Waals surface area contributed by atoms with Gasteiger partial charge in [-0.25, -0.2) is 10.8 Å². The SMILES string of the molecule is CC1CC1N=C(NN)NC1CC1. The van der Waals surface area contributed by atoms with Crippen LogP contribution in [0.1, 0.15) is 26.2 Å². The van der Waals surface area contributed by atoms with Gasteiger partial charge in [0.25, 0.3) is 0 Å². The first-order valence-electron chi connectivity index (χ1n) is 4.60. The van der Waals surface area contributed by atoms with Gasteiger partial charge in [0.1, 0.15) is 0 Å². The standard InChI is InChI=1S/C8H16N4/c1-5-4-7(5)11-8(12-9)10-6-2-3-6/h5-7H,2-4,9H2,1H3,(H2,10,11,12). The van der Waals surface area contributed by atoms with Gasteiger partial charge >= 0.3 is 0 Å². The summed E-state index contributed by atoms with van der Waals surface area (Å²) in [7, 11) is 0. The van der Waals surface area contributed by atoms with Crippen LogP contribution in [0, 0.1) is 5.92 Å². The summed E-state index contributed by atoms with van der Waals surface area (Å²) in [4.78, 5) is 4.44. The topological polar surface area (TPSA) is 62.4 Å². The molecule has 0 spiro atoms. The lowest BCUT2D eigenvalue weighted by atomic mass is 10.5. The predicted octanol–water partition coefficient (Wildman–Crippen LogP) is -0.0339. The predicted molar refractivity (Wildman–Crippen MR) is 48.5 cm³/mol. The first-order valence-corrected chi connectivity index (χ1v) is 4.60. The highest BCUT2D eigenvalue weighted by atomic mass is 15.3. The van der Waals surface area contributed by atoms with Gasteiger partial charge < -0.3 is 5.32 Å². The molecule has 4 nitrogen and oxygen atoms in total. The third kappa shape index (κ3) is 1.88. The normalized spacial score (nSPS) is 34.7. The third-order valence-electron chi connectivity index (χ3n) is 2.42. The fourth-order valence-electron chi connectivity index (χ4n) is 1.19. The van der Waals surface area contributed by atoms with E-state index in [-0.39, 0.29) is 0 Å². The molecule has 0 heterocycles. The van der Waals surface area contributed by atoms with Crippen molar-refractivity contribution >= 4 is 5.96 Å². The lowest BCUT2D eigenvalue weighted by Crippen LogP contribution is -2.42. The number of rotatable bonds is 2. The Hall–Kier alpha value is -0.770. The summed E-state index contributed by atoms with van der Waals surface area (Å²) in [5.74, 6) is 6.84. The fourth-order valence-corrected chi connectivity index (χ4v) is 1.19. The average molecular weight is 168 g/mol. The molecule has 68 valence electrons. The van der Waals surface area contributed by atoms with Gasteiger partial charge in [-0.2, -0.15) is 0 Å². The van der Waals surface area contributed by atoms with E-state index in [1.54, 1.807) is 0 Å². The highest BCUT2D eigenvalue weighted by Gasteiger charge is 2.33. The molecule has 4 heteroatoms. The summed E-state index contributed by atoms with van der Waals surface area (Å²) in [5.41, 5.74) is 2.60. The maximum Gasteiger partial charge on any atom is 0.206 e. The Kier molecular flexibility index (Phi) is 1.92. The summed E-state index contributed by atoms with van der Waals surface area (Å²) in [6.45, 7) is 2.21. The molecule has 0 aliphatic heterocycles. The number of nitrogens with two attached hydrogens (primary N) is 1. The van der Waals surface area contributed by atoms with E-state index in [0.29, 0.717) is 12.1 Å². The number of hydrogen-bond acceptors (Lipinski definition) is 2. The first-order chi connectivity index (χ1) is 5.79. The molecule has 0 amide bonds. The molecule has 0 radical (unpaired) electrons. The van der Waals surface area contributed by atoms with Crippen LogP contribution in [0.2, 0.25) is 0 Å². The van der Waals surface area contributed by atoms with Crippen LogP contribution < -0.4 is 16.6 Å². The molecule has 2 fully saturated rings. The first kappa shape index (κ1) is 7.86. The Morgan fingerprint density at radius 2 is 2.17 bits per heavy atom. The van der Waals surface area contributed by atoms with E-state index in [1.807, 2.05) is 0 Å². The molecule has 4 N–H and O–H groups in total. The van der Waals surface area contributed by atoms with Crippen LogP contribution in [0.5, 0.6) is 0 Å². The number of aliphatic imine (C=N–C) groups is 1. The van der Waals surface area contributed by atoms with Gasteiger partial charge in [-0.3, -0.25) is 5.43 Å². The van der Waals surface area contributed by atoms with E-state index in [4.69, 9.17) is 5.84 Å². The van der Waals surface area contributed by atoms with Crippen molar-refractivity contribution in [1.29, 1.82) is 0 Å². The Morgan fingerprint density at radius 3 is 2.58 bits per heavy atom. The van der Waals surface area contributed by atoms with E-state index < -0.39 is 0 Å². The van der Waals surface area contributed by atoms with Gasteiger partial charge in [0, 0.05) is 6.04 Å². The Bertz CT molecular complexity index is 197. The fraction of sp³-hybridized carbons (Fsp3) is 0.875. The monoisotopic (exact) mass is 168 g/mol. The number of nitrogens with one attached hydrogen (secondary N) is 2. The van der Waals surface area contributed by atoms with E-state index in [9.17, 15) is 0 Å². The minimum atomic E-state index is 0.502. The van der Waals surface area contributed by atoms with Crippen molar-refractivity contribution in [3.63, 3.8) is 0 Å². The third-order valence-corrected chi connectivity index (χ3v) is 2.42. The highest BCUT2D eigenvalue weighted by molar-refractivity contribution is 5.80. The van der Waals surface area contributed by atoms with Crippen molar-refractivity contribution < 1.29 is 0 Å². The zero-order chi connectivity index (χ0) is 8.55. The largest absolute Gasteiger partial charge is 0.353 e. The summed E-state index contributed by atoms with van der Waals surface area (Å²) in [6, 6.07) is 1.12. The highest BCUT2D eigenvalue weighted by Crippen LogP contribution is 2.32. The van der Waals surface area contributed by atoms with Crippen molar-refractivity contribution in [2.75, 3.05) is 0 Å². The Balaban J connectivity index is 1.83. The molecule has 0 saturated heterocycles. The molecule has 0 aromatic rings. The molecule has 2 atom stereocenters. The molecule has 0 aromatic heterocycles. The van der Waals surface area contributed by atoms with Crippen molar-refractivity contribution in [3.8, 4) is 0 Å². The summed E-state index contributed by atoms with van der Waals surface area (Å²) in [6.07, 6.45) is 3.71. The zero-order valence-corrected chi connectivity index (χ0v) is 7.38. The second-order valence-electron chi connectivity index (χ2n) is 3.82. The van der Waals surface area contributed by atoms with E-state index >= 15 is 0 Å². The van der Waals surface area contributed by atoms with Crippen molar-refractivity contribution in [3.05, 3.63) is 0 Å². The van der Waals surface area contributed by atoms with Crippen LogP contribution in [0.25, 0.3) is 0 Å². The summed E-state index contributed by atoms with van der Waals surface area (Å²) in [5, 5.41) is 3.25. The molecule has 2 unspecified atom stereocenters. The molecular weight excluding hydrogens is 152 g/mol. The van der Waals surface area contributed by atoms with Crippen LogP contribution in [0.15, 0.2) is 4.99 Å². The summed E-state index contributed by atoms with van der Waals surface area (Å²) < 4.78 is 0. The number of guanidine groups is 1. The van der Waals surface area contributed by atoms with Crippen LogP contribution >= 0.6 is 0 Å². The molecule has 2 aliphatic carbocycles. The molecule has 12 heavy (non-hydrogen) atoms. The minimum absolute atomic E-state index is 0.502. The summed E-state index contributed by atoms with van der Waals surface area (Å²) >= 11 is 0. The Morgan fingerprint density at radius 1 is 1.50 bits per heavy atom. The maximum absolute atomic E-state index is 5.33. The molecule has 2 saturated carbocycles. The van der Waals surface area contributed by atoms with Crippen LogP contribution in [-0.2, 0) is 0 Å². The number of nitrogens with zero attached hydrogens (tertiary/aromatic N) is 1. The molecule has 2 rings (SSSR count). The molecule has 0 bridgehead atoms. The van der Waals surface area contributed by atoms with Crippen molar-refractivity contribution in [1.82, 2.24) is 10.7 Å². The van der Waals surface area contributed by atoms with E-state index in [1.165, 1.54) is 19.3 Å².